The van der Waals surface area contributed by atoms with Crippen LogP contribution in [0.25, 0.3) is 0 Å². The van der Waals surface area contributed by atoms with Crippen LogP contribution in [0.5, 0.6) is 0 Å². The average Bonchev–Trinajstić information content (AvgIpc) is 2.74. The van der Waals surface area contributed by atoms with E-state index >= 15 is 0 Å². The highest BCUT2D eigenvalue weighted by Gasteiger charge is 2.26. The molecule has 1 aliphatic rings. The predicted octanol–water partition coefficient (Wildman–Crippen LogP) is 3.23. The third-order valence-corrected chi connectivity index (χ3v) is 3.63. The Bertz CT molecular complexity index is 397. The summed E-state index contributed by atoms with van der Waals surface area (Å²) in [5.74, 6) is 0.201. The van der Waals surface area contributed by atoms with E-state index < -0.39 is 0 Å². The van der Waals surface area contributed by atoms with Gasteiger partial charge in [-0.1, -0.05) is 34.5 Å². The summed E-state index contributed by atoms with van der Waals surface area (Å²) in [5, 5.41) is 12.5. The molecule has 1 N–H and O–H groups in total. The molecule has 2 atom stereocenters. The van der Waals surface area contributed by atoms with Crippen molar-refractivity contribution in [3.63, 3.8) is 0 Å². The Morgan fingerprint density at radius 1 is 1.44 bits per heavy atom. The first-order valence-electron chi connectivity index (χ1n) is 5.67. The van der Waals surface area contributed by atoms with Gasteiger partial charge in [-0.05, 0) is 30.5 Å². The first kappa shape index (κ1) is 11.6. The number of nitriles is 1. The summed E-state index contributed by atoms with van der Waals surface area (Å²) in [6, 6.07) is 11.1. The standard InChI is InChI=1S/C13H15BrN2/c14-12-5-1-3-10(7-12)9-16-13-6-2-4-11(13)8-15/h1,3,5,7,11,13,16H,2,4,6,9H2. The third-order valence-electron chi connectivity index (χ3n) is 3.14. The molecule has 84 valence electrons. The molecule has 2 nitrogen and oxygen atoms in total. The van der Waals surface area contributed by atoms with Crippen molar-refractivity contribution in [2.45, 2.75) is 31.8 Å². The molecular weight excluding hydrogens is 264 g/mol. The van der Waals surface area contributed by atoms with Crippen LogP contribution < -0.4 is 5.32 Å². The van der Waals surface area contributed by atoms with Gasteiger partial charge in [-0.3, -0.25) is 0 Å². The van der Waals surface area contributed by atoms with Gasteiger partial charge in [0.1, 0.15) is 0 Å². The Hall–Kier alpha value is -0.850. The molecule has 1 aliphatic carbocycles. The molecule has 16 heavy (non-hydrogen) atoms. The van der Waals surface area contributed by atoms with Gasteiger partial charge in [0.25, 0.3) is 0 Å². The number of benzene rings is 1. The van der Waals surface area contributed by atoms with E-state index in [9.17, 15) is 0 Å². The number of nitrogens with one attached hydrogen (secondary N) is 1. The number of rotatable bonds is 3. The van der Waals surface area contributed by atoms with E-state index in [0.717, 1.165) is 23.9 Å². The second kappa shape index (κ2) is 5.47. The highest BCUT2D eigenvalue weighted by Crippen LogP contribution is 2.25. The molecule has 1 aromatic carbocycles. The van der Waals surface area contributed by atoms with Crippen molar-refractivity contribution in [1.82, 2.24) is 5.32 Å². The highest BCUT2D eigenvalue weighted by atomic mass is 79.9. The molecule has 0 heterocycles. The van der Waals surface area contributed by atoms with Gasteiger partial charge in [0.15, 0.2) is 0 Å². The van der Waals surface area contributed by atoms with Crippen LogP contribution in [-0.4, -0.2) is 6.04 Å². The topological polar surface area (TPSA) is 35.8 Å². The lowest BCUT2D eigenvalue weighted by Crippen LogP contribution is -2.31. The van der Waals surface area contributed by atoms with Gasteiger partial charge < -0.3 is 5.32 Å². The van der Waals surface area contributed by atoms with Crippen molar-refractivity contribution < 1.29 is 0 Å². The SMILES string of the molecule is N#CC1CCCC1NCc1cccc(Br)c1. The molecule has 1 saturated carbocycles. The Morgan fingerprint density at radius 3 is 3.06 bits per heavy atom. The molecule has 0 amide bonds. The number of hydrogen-bond acceptors (Lipinski definition) is 2. The second-order valence-corrected chi connectivity index (χ2v) is 5.20. The van der Waals surface area contributed by atoms with E-state index in [1.807, 2.05) is 12.1 Å². The van der Waals surface area contributed by atoms with Crippen molar-refractivity contribution >= 4 is 15.9 Å². The molecule has 2 rings (SSSR count). The van der Waals surface area contributed by atoms with Crippen LogP contribution in [-0.2, 0) is 6.54 Å². The predicted molar refractivity (Wildman–Crippen MR) is 67.7 cm³/mol. The Balaban J connectivity index is 1.90. The zero-order valence-corrected chi connectivity index (χ0v) is 10.7. The van der Waals surface area contributed by atoms with E-state index in [1.165, 1.54) is 12.0 Å². The van der Waals surface area contributed by atoms with Crippen molar-refractivity contribution in [2.24, 2.45) is 5.92 Å². The van der Waals surface area contributed by atoms with Crippen molar-refractivity contribution in [3.8, 4) is 6.07 Å². The summed E-state index contributed by atoms with van der Waals surface area (Å²) in [6.45, 7) is 0.849. The van der Waals surface area contributed by atoms with Crippen LogP contribution in [0.2, 0.25) is 0 Å². The minimum atomic E-state index is 0.201. The van der Waals surface area contributed by atoms with Crippen LogP contribution in [0.15, 0.2) is 28.7 Å². The van der Waals surface area contributed by atoms with Crippen LogP contribution >= 0.6 is 15.9 Å². The second-order valence-electron chi connectivity index (χ2n) is 4.28. The highest BCUT2D eigenvalue weighted by molar-refractivity contribution is 9.10. The van der Waals surface area contributed by atoms with Gasteiger partial charge >= 0.3 is 0 Å². The van der Waals surface area contributed by atoms with Crippen molar-refractivity contribution in [1.29, 1.82) is 5.26 Å². The summed E-state index contributed by atoms with van der Waals surface area (Å²) in [7, 11) is 0. The lowest BCUT2D eigenvalue weighted by molar-refractivity contribution is 0.464. The minimum absolute atomic E-state index is 0.201. The Labute approximate surface area is 105 Å². The van der Waals surface area contributed by atoms with Crippen LogP contribution in [0.3, 0.4) is 0 Å². The molecule has 0 bridgehead atoms. The lowest BCUT2D eigenvalue weighted by atomic mass is 10.1. The van der Waals surface area contributed by atoms with E-state index in [2.05, 4.69) is 39.4 Å². The van der Waals surface area contributed by atoms with Gasteiger partial charge in [-0.2, -0.15) is 5.26 Å². The minimum Gasteiger partial charge on any atom is -0.309 e. The lowest BCUT2D eigenvalue weighted by Gasteiger charge is -2.15. The summed E-state index contributed by atoms with van der Waals surface area (Å²) in [6.07, 6.45) is 3.35. The van der Waals surface area contributed by atoms with Gasteiger partial charge in [0.2, 0.25) is 0 Å². The van der Waals surface area contributed by atoms with E-state index in [4.69, 9.17) is 5.26 Å². The normalized spacial score (nSPS) is 24.2. The summed E-state index contributed by atoms with van der Waals surface area (Å²) >= 11 is 3.46. The average molecular weight is 279 g/mol. The van der Waals surface area contributed by atoms with Crippen LogP contribution in [0.1, 0.15) is 24.8 Å². The zero-order chi connectivity index (χ0) is 11.4. The van der Waals surface area contributed by atoms with Gasteiger partial charge in [0, 0.05) is 17.1 Å². The fourth-order valence-corrected chi connectivity index (χ4v) is 2.70. The van der Waals surface area contributed by atoms with Gasteiger partial charge in [-0.25, -0.2) is 0 Å². The van der Waals surface area contributed by atoms with Crippen LogP contribution in [0.4, 0.5) is 0 Å². The van der Waals surface area contributed by atoms with Crippen LogP contribution in [0, 0.1) is 17.2 Å². The molecule has 0 aliphatic heterocycles. The fourth-order valence-electron chi connectivity index (χ4n) is 2.25. The third kappa shape index (κ3) is 2.84. The number of hydrogen-bond donors (Lipinski definition) is 1. The molecule has 0 aromatic heterocycles. The monoisotopic (exact) mass is 278 g/mol. The maximum atomic E-state index is 8.98. The Kier molecular flexibility index (Phi) is 3.98. The quantitative estimate of drug-likeness (QED) is 0.922. The van der Waals surface area contributed by atoms with Gasteiger partial charge in [0.05, 0.1) is 12.0 Å². The molecule has 1 aromatic rings. The fraction of sp³-hybridized carbons (Fsp3) is 0.462. The maximum Gasteiger partial charge on any atom is 0.0672 e. The summed E-state index contributed by atoms with van der Waals surface area (Å²) in [4.78, 5) is 0. The van der Waals surface area contributed by atoms with Crippen molar-refractivity contribution in [2.75, 3.05) is 0 Å². The van der Waals surface area contributed by atoms with E-state index in [1.54, 1.807) is 0 Å². The van der Waals surface area contributed by atoms with E-state index in [-0.39, 0.29) is 5.92 Å². The number of nitrogens with zero attached hydrogens (tertiary/aromatic N) is 1. The molecule has 2 unspecified atom stereocenters. The van der Waals surface area contributed by atoms with E-state index in [0.29, 0.717) is 6.04 Å². The molecular formula is C13H15BrN2. The largest absolute Gasteiger partial charge is 0.309 e. The smallest absolute Gasteiger partial charge is 0.0672 e. The number of halogens is 1. The molecule has 0 spiro atoms. The molecule has 3 heteroatoms. The zero-order valence-electron chi connectivity index (χ0n) is 9.12. The summed E-state index contributed by atoms with van der Waals surface area (Å²) in [5.41, 5.74) is 1.26. The van der Waals surface area contributed by atoms with Crippen molar-refractivity contribution in [3.05, 3.63) is 34.3 Å². The molecule has 0 saturated heterocycles. The first-order chi connectivity index (χ1) is 7.79. The van der Waals surface area contributed by atoms with Gasteiger partial charge in [-0.15, -0.1) is 0 Å². The molecule has 0 radical (unpaired) electrons. The first-order valence-corrected chi connectivity index (χ1v) is 6.46. The maximum absolute atomic E-state index is 8.98. The summed E-state index contributed by atoms with van der Waals surface area (Å²) < 4.78 is 1.11. The Morgan fingerprint density at radius 2 is 2.31 bits per heavy atom. The molecule has 1 fully saturated rings.